The highest BCUT2D eigenvalue weighted by Gasteiger charge is 2.30. The molecule has 42 heavy (non-hydrogen) atoms. The average molecular weight is 588 g/mol. The minimum absolute atomic E-state index is 0.0237. The van der Waals surface area contributed by atoms with Crippen LogP contribution < -0.4 is 5.32 Å². The second-order valence-corrected chi connectivity index (χ2v) is 13.8. The van der Waals surface area contributed by atoms with Crippen LogP contribution in [0.1, 0.15) is 86.7 Å². The third kappa shape index (κ3) is 6.17. The quantitative estimate of drug-likeness (QED) is 0.206. The summed E-state index contributed by atoms with van der Waals surface area (Å²) in [5.74, 6) is 0.467. The Morgan fingerprint density at radius 1 is 1.10 bits per heavy atom. The number of fused-ring (bicyclic) bond motifs is 3. The zero-order chi connectivity index (χ0) is 29.4. The van der Waals surface area contributed by atoms with Crippen LogP contribution in [0.5, 0.6) is 0 Å². The number of hydrogen-bond acceptors (Lipinski definition) is 5. The molecule has 0 unspecified atom stereocenters. The van der Waals surface area contributed by atoms with Gasteiger partial charge in [0.2, 0.25) is 0 Å². The highest BCUT2D eigenvalue weighted by atomic mass is 32.1. The van der Waals surface area contributed by atoms with Gasteiger partial charge in [-0.2, -0.15) is 0 Å². The maximum Gasteiger partial charge on any atom is 0.408 e. The highest BCUT2D eigenvalue weighted by Crippen LogP contribution is 2.45. The lowest BCUT2D eigenvalue weighted by Crippen LogP contribution is -2.44. The molecule has 1 aliphatic carbocycles. The molecule has 3 heterocycles. The van der Waals surface area contributed by atoms with Crippen molar-refractivity contribution in [3.8, 4) is 11.3 Å². The van der Waals surface area contributed by atoms with Crippen molar-refractivity contribution in [3.05, 3.63) is 59.3 Å². The van der Waals surface area contributed by atoms with Crippen LogP contribution in [0.2, 0.25) is 0 Å². The molecule has 2 aliphatic rings. The number of nitrogens with one attached hydrogen (secondary N) is 1. The zero-order valence-corrected chi connectivity index (χ0v) is 25.7. The van der Waals surface area contributed by atoms with E-state index in [1.54, 1.807) is 11.3 Å². The number of aromatic nitrogens is 2. The largest absolute Gasteiger partial charge is 0.465 e. The molecule has 2 amide bonds. The first-order valence-corrected chi connectivity index (χ1v) is 16.0. The van der Waals surface area contributed by atoms with Gasteiger partial charge in [0.1, 0.15) is 0 Å². The summed E-state index contributed by atoms with van der Waals surface area (Å²) in [6.45, 7) is 10.2. The first kappa shape index (κ1) is 28.7. The van der Waals surface area contributed by atoms with Crippen LogP contribution in [0, 0.1) is 0 Å². The van der Waals surface area contributed by atoms with E-state index in [1.165, 1.54) is 42.8 Å². The van der Waals surface area contributed by atoms with Gasteiger partial charge >= 0.3 is 6.09 Å². The molecular weight excluding hydrogens is 546 g/mol. The van der Waals surface area contributed by atoms with Crippen molar-refractivity contribution in [1.29, 1.82) is 0 Å². The lowest BCUT2D eigenvalue weighted by atomic mass is 9.97. The Bertz CT molecular complexity index is 1610. The Balaban J connectivity index is 1.18. The molecular formula is C33H41N5O3S. The highest BCUT2D eigenvalue weighted by molar-refractivity contribution is 7.23. The summed E-state index contributed by atoms with van der Waals surface area (Å²) in [7, 11) is 0. The van der Waals surface area contributed by atoms with E-state index in [0.717, 1.165) is 57.8 Å². The fourth-order valence-corrected chi connectivity index (χ4v) is 7.06. The predicted molar refractivity (Wildman–Crippen MR) is 169 cm³/mol. The first-order valence-electron chi connectivity index (χ1n) is 15.2. The minimum atomic E-state index is -0.908. The number of carbonyl (C=O) groups is 2. The smallest absolute Gasteiger partial charge is 0.408 e. The topological polar surface area (TPSA) is 90.2 Å². The average Bonchev–Trinajstić information content (AvgIpc) is 3.65. The van der Waals surface area contributed by atoms with Crippen LogP contribution in [-0.4, -0.2) is 68.0 Å². The van der Waals surface area contributed by atoms with E-state index in [4.69, 9.17) is 4.98 Å². The van der Waals surface area contributed by atoms with Gasteiger partial charge in [-0.25, -0.2) is 9.78 Å². The van der Waals surface area contributed by atoms with Gasteiger partial charge in [-0.3, -0.25) is 14.1 Å². The molecule has 0 spiro atoms. The van der Waals surface area contributed by atoms with E-state index in [9.17, 15) is 14.7 Å². The van der Waals surface area contributed by atoms with E-state index >= 15 is 0 Å². The standard InChI is InChI=1S/C33H41N5O3S/c1-33(2,3)38(32(40)41)20-22-8-12-25(26(18-22)23-9-10-23)27-21-37-28-13-11-24(19-29(28)42-31(37)35-27)30(39)34-14-7-17-36-15-5-4-6-16-36/h8,11-13,18-19,21,23H,4-7,9-10,14-17,20H2,1-3H3,(H,34,39)(H,40,41). The number of piperidine rings is 1. The molecule has 1 saturated heterocycles. The van der Waals surface area contributed by atoms with Crippen LogP contribution in [0.15, 0.2) is 42.6 Å². The molecule has 2 aromatic heterocycles. The molecule has 1 aliphatic heterocycles. The number of benzene rings is 2. The number of carboxylic acid groups (broad SMARTS) is 1. The lowest BCUT2D eigenvalue weighted by Gasteiger charge is -2.33. The molecule has 0 atom stereocenters. The number of carbonyl (C=O) groups excluding carboxylic acids is 1. The summed E-state index contributed by atoms with van der Waals surface area (Å²) in [6.07, 6.45) is 8.37. The van der Waals surface area contributed by atoms with Crippen molar-refractivity contribution >= 4 is 38.5 Å². The molecule has 0 bridgehead atoms. The van der Waals surface area contributed by atoms with Crippen molar-refractivity contribution < 1.29 is 14.7 Å². The number of amides is 2. The maximum atomic E-state index is 12.8. The fraction of sp³-hybridized carbons (Fsp3) is 0.485. The Morgan fingerprint density at radius 2 is 1.88 bits per heavy atom. The van der Waals surface area contributed by atoms with Gasteiger partial charge in [0.15, 0.2) is 4.96 Å². The number of hydrogen-bond donors (Lipinski definition) is 2. The van der Waals surface area contributed by atoms with Crippen LogP contribution in [-0.2, 0) is 6.54 Å². The number of nitrogens with zero attached hydrogens (tertiary/aromatic N) is 4. The third-order valence-corrected chi connectivity index (χ3v) is 9.55. The normalized spacial score (nSPS) is 16.3. The summed E-state index contributed by atoms with van der Waals surface area (Å²) in [4.78, 5) is 34.6. The molecule has 0 radical (unpaired) electrons. The molecule has 2 fully saturated rings. The van der Waals surface area contributed by atoms with Gasteiger partial charge < -0.3 is 15.3 Å². The number of rotatable bonds is 9. The van der Waals surface area contributed by atoms with E-state index in [-0.39, 0.29) is 5.91 Å². The molecule has 222 valence electrons. The molecule has 9 heteroatoms. The second kappa shape index (κ2) is 11.7. The monoisotopic (exact) mass is 587 g/mol. The van der Waals surface area contributed by atoms with Gasteiger partial charge in [0.25, 0.3) is 5.91 Å². The van der Waals surface area contributed by atoms with Crippen molar-refractivity contribution in [1.82, 2.24) is 24.5 Å². The van der Waals surface area contributed by atoms with Crippen LogP contribution in [0.4, 0.5) is 4.79 Å². The fourth-order valence-electron chi connectivity index (χ4n) is 6.01. The van der Waals surface area contributed by atoms with Crippen molar-refractivity contribution in [2.24, 2.45) is 0 Å². The van der Waals surface area contributed by atoms with Crippen molar-refractivity contribution in [3.63, 3.8) is 0 Å². The maximum absolute atomic E-state index is 12.8. The molecule has 2 aromatic carbocycles. The van der Waals surface area contributed by atoms with E-state index in [0.29, 0.717) is 24.6 Å². The summed E-state index contributed by atoms with van der Waals surface area (Å²) < 4.78 is 3.16. The number of thiazole rings is 1. The predicted octanol–water partition coefficient (Wildman–Crippen LogP) is 6.98. The summed E-state index contributed by atoms with van der Waals surface area (Å²) in [5, 5.41) is 12.9. The van der Waals surface area contributed by atoms with Gasteiger partial charge in [0, 0.05) is 36.0 Å². The van der Waals surface area contributed by atoms with E-state index in [1.807, 2.05) is 45.0 Å². The van der Waals surface area contributed by atoms with Crippen LogP contribution in [0.25, 0.3) is 26.4 Å². The molecule has 8 nitrogen and oxygen atoms in total. The zero-order valence-electron chi connectivity index (χ0n) is 24.9. The second-order valence-electron chi connectivity index (χ2n) is 12.8. The first-order chi connectivity index (χ1) is 20.2. The molecule has 6 rings (SSSR count). The Morgan fingerprint density at radius 3 is 2.60 bits per heavy atom. The van der Waals surface area contributed by atoms with Crippen LogP contribution >= 0.6 is 11.3 Å². The van der Waals surface area contributed by atoms with E-state index in [2.05, 4.69) is 32.9 Å². The van der Waals surface area contributed by atoms with Crippen molar-refractivity contribution in [2.75, 3.05) is 26.2 Å². The Kier molecular flexibility index (Phi) is 7.98. The molecule has 4 aromatic rings. The Hall–Kier alpha value is -3.43. The van der Waals surface area contributed by atoms with Gasteiger partial charge in [-0.1, -0.05) is 36.0 Å². The SMILES string of the molecule is CC(C)(C)N(Cc1ccc(-c2cn3c(n2)sc2cc(C(=O)NCCCN4CCCCC4)ccc23)c(C2CC2)c1)C(=O)O. The Labute approximate surface area is 251 Å². The summed E-state index contributed by atoms with van der Waals surface area (Å²) >= 11 is 1.60. The summed E-state index contributed by atoms with van der Waals surface area (Å²) in [5.41, 5.74) is 5.54. The molecule has 1 saturated carbocycles. The van der Waals surface area contributed by atoms with Gasteiger partial charge in [-0.15, -0.1) is 0 Å². The number of likely N-dealkylation sites (tertiary alicyclic amines) is 1. The van der Waals surface area contributed by atoms with Gasteiger partial charge in [-0.05, 0) is 108 Å². The lowest BCUT2D eigenvalue weighted by molar-refractivity contribution is 0.0943. The summed E-state index contributed by atoms with van der Waals surface area (Å²) in [6, 6.07) is 12.2. The minimum Gasteiger partial charge on any atom is -0.465 e. The van der Waals surface area contributed by atoms with Gasteiger partial charge in [0.05, 0.1) is 15.9 Å². The van der Waals surface area contributed by atoms with E-state index < -0.39 is 11.6 Å². The third-order valence-electron chi connectivity index (χ3n) is 8.53. The number of imidazole rings is 1. The van der Waals surface area contributed by atoms with Crippen LogP contribution in [0.3, 0.4) is 0 Å². The van der Waals surface area contributed by atoms with Crippen molar-refractivity contribution in [2.45, 2.75) is 77.3 Å². The molecule has 2 N–H and O–H groups in total.